The highest BCUT2D eigenvalue weighted by molar-refractivity contribution is 5.68. The van der Waals surface area contributed by atoms with Crippen LogP contribution in [-0.2, 0) is 4.74 Å². The van der Waals surface area contributed by atoms with Gasteiger partial charge in [0.05, 0.1) is 12.6 Å². The maximum Gasteiger partial charge on any atom is 0.407 e. The fraction of sp³-hybridized carbons (Fsp3) is 0.909. The predicted molar refractivity (Wildman–Crippen MR) is 63.1 cm³/mol. The van der Waals surface area contributed by atoms with Gasteiger partial charge >= 0.3 is 6.09 Å². The normalized spacial score (nSPS) is 14.1. The summed E-state index contributed by atoms with van der Waals surface area (Å²) in [6.45, 7) is 3.82. The summed E-state index contributed by atoms with van der Waals surface area (Å²) in [4.78, 5) is 11.5. The van der Waals surface area contributed by atoms with Crippen molar-refractivity contribution in [3.8, 4) is 0 Å². The number of ether oxygens (including phenoxy) is 1. The van der Waals surface area contributed by atoms with E-state index in [2.05, 4.69) is 5.32 Å². The van der Waals surface area contributed by atoms with Gasteiger partial charge in [0.15, 0.2) is 0 Å². The molecule has 5 nitrogen and oxygen atoms in total. The van der Waals surface area contributed by atoms with Gasteiger partial charge in [-0.2, -0.15) is 0 Å². The van der Waals surface area contributed by atoms with Crippen LogP contribution in [0.25, 0.3) is 0 Å². The van der Waals surface area contributed by atoms with Crippen LogP contribution in [0, 0.1) is 0 Å². The molecule has 0 bridgehead atoms. The van der Waals surface area contributed by atoms with Gasteiger partial charge in [-0.1, -0.05) is 6.42 Å². The molecule has 1 atom stereocenters. The molecule has 96 valence electrons. The summed E-state index contributed by atoms with van der Waals surface area (Å²) >= 11 is 0. The van der Waals surface area contributed by atoms with Crippen LogP contribution in [0.15, 0.2) is 0 Å². The van der Waals surface area contributed by atoms with E-state index in [9.17, 15) is 4.79 Å². The van der Waals surface area contributed by atoms with Crippen molar-refractivity contribution < 1.29 is 16.0 Å². The van der Waals surface area contributed by atoms with E-state index in [-0.39, 0.29) is 19.5 Å². The zero-order valence-electron chi connectivity index (χ0n) is 11.2. The van der Waals surface area contributed by atoms with Crippen LogP contribution in [0.4, 0.5) is 4.79 Å². The number of carbonyl (C=O) groups excluding carboxylic acids is 1. The van der Waals surface area contributed by atoms with E-state index in [1.54, 1.807) is 13.8 Å². The Morgan fingerprint density at radius 3 is 2.81 bits per heavy atom. The molecule has 0 aromatic heterocycles. The van der Waals surface area contributed by atoms with Crippen molar-refractivity contribution in [2.24, 2.45) is 5.73 Å². The molecule has 0 aromatic rings. The standard InChI is InChI=1S/C11H24N2O3/c1-11(2,3)16-10(15)13-9(8-14)6-4-5-7-12/h9,14H,4-8,12H2,1-3H3,(H,13,15)/t9-/m0/s1/i1D. The van der Waals surface area contributed by atoms with Gasteiger partial charge in [0.25, 0.3) is 0 Å². The number of nitrogens with two attached hydrogens (primary N) is 1. The third kappa shape index (κ3) is 8.49. The van der Waals surface area contributed by atoms with E-state index in [0.717, 1.165) is 12.8 Å². The van der Waals surface area contributed by atoms with Gasteiger partial charge < -0.3 is 20.9 Å². The van der Waals surface area contributed by atoms with Crippen LogP contribution >= 0.6 is 0 Å². The van der Waals surface area contributed by atoms with E-state index < -0.39 is 11.7 Å². The molecule has 0 aliphatic heterocycles. The first-order valence-corrected chi connectivity index (χ1v) is 5.55. The lowest BCUT2D eigenvalue weighted by atomic mass is 10.1. The highest BCUT2D eigenvalue weighted by Crippen LogP contribution is 2.07. The summed E-state index contributed by atoms with van der Waals surface area (Å²) in [6.07, 6.45) is 1.80. The first-order valence-electron chi connectivity index (χ1n) is 6.25. The Balaban J connectivity index is 3.97. The van der Waals surface area contributed by atoms with Crippen molar-refractivity contribution in [1.29, 1.82) is 0 Å². The molecule has 0 spiro atoms. The van der Waals surface area contributed by atoms with Gasteiger partial charge in [-0.15, -0.1) is 0 Å². The Labute approximate surface area is 98.8 Å². The fourth-order valence-electron chi connectivity index (χ4n) is 1.19. The van der Waals surface area contributed by atoms with Crippen molar-refractivity contribution in [1.82, 2.24) is 5.32 Å². The topological polar surface area (TPSA) is 84.6 Å². The smallest absolute Gasteiger partial charge is 0.407 e. The number of rotatable bonds is 6. The van der Waals surface area contributed by atoms with Crippen LogP contribution in [0.5, 0.6) is 0 Å². The zero-order chi connectivity index (χ0) is 13.3. The van der Waals surface area contributed by atoms with Crippen LogP contribution in [0.2, 0.25) is 0 Å². The largest absolute Gasteiger partial charge is 0.444 e. The monoisotopic (exact) mass is 233 g/mol. The Morgan fingerprint density at radius 2 is 2.31 bits per heavy atom. The van der Waals surface area contributed by atoms with Crippen LogP contribution in [0.1, 0.15) is 41.4 Å². The van der Waals surface area contributed by atoms with Crippen molar-refractivity contribution in [3.05, 3.63) is 0 Å². The lowest BCUT2D eigenvalue weighted by Gasteiger charge is -2.22. The first kappa shape index (κ1) is 13.3. The summed E-state index contributed by atoms with van der Waals surface area (Å²) < 4.78 is 12.2. The molecule has 1 amide bonds. The second kappa shape index (κ2) is 7.46. The molecule has 0 aliphatic rings. The molecule has 0 saturated heterocycles. The SMILES string of the molecule is [2H]CC(C)(C)OC(=O)N[C@H](CO)CCCCN. The molecule has 0 rings (SSSR count). The Kier molecular flexibility index (Phi) is 6.18. The Bertz CT molecular complexity index is 225. The van der Waals surface area contributed by atoms with Gasteiger partial charge in [-0.3, -0.25) is 0 Å². The molecule has 0 unspecified atom stereocenters. The molecule has 0 fully saturated rings. The number of nitrogens with one attached hydrogen (secondary N) is 1. The maximum absolute atomic E-state index is 11.5. The van der Waals surface area contributed by atoms with Gasteiger partial charge in [0.1, 0.15) is 5.60 Å². The van der Waals surface area contributed by atoms with E-state index >= 15 is 0 Å². The second-order valence-electron chi connectivity index (χ2n) is 4.46. The molecule has 5 heteroatoms. The van der Waals surface area contributed by atoms with Crippen molar-refractivity contribution >= 4 is 6.09 Å². The minimum atomic E-state index is -0.804. The maximum atomic E-state index is 11.5. The summed E-state index contributed by atoms with van der Waals surface area (Å²) in [5.74, 6) is 0. The van der Waals surface area contributed by atoms with Gasteiger partial charge in [0, 0.05) is 1.37 Å². The predicted octanol–water partition coefficient (Wildman–Crippen LogP) is 1.00. The van der Waals surface area contributed by atoms with Crippen LogP contribution in [-0.4, -0.2) is 36.0 Å². The third-order valence-corrected chi connectivity index (χ3v) is 1.92. The van der Waals surface area contributed by atoms with Crippen molar-refractivity contribution in [2.75, 3.05) is 13.2 Å². The zero-order valence-corrected chi connectivity index (χ0v) is 10.2. The van der Waals surface area contributed by atoms with Crippen LogP contribution < -0.4 is 11.1 Å². The first-order chi connectivity index (χ1) is 7.95. The van der Waals surface area contributed by atoms with E-state index in [0.29, 0.717) is 13.0 Å². The van der Waals surface area contributed by atoms with E-state index in [1.165, 1.54) is 0 Å². The molecular formula is C11H24N2O3. The highest BCUT2D eigenvalue weighted by atomic mass is 16.6. The summed E-state index contributed by atoms with van der Waals surface area (Å²) in [5.41, 5.74) is 4.56. The van der Waals surface area contributed by atoms with Crippen molar-refractivity contribution in [2.45, 2.75) is 51.7 Å². The molecule has 0 heterocycles. The number of aliphatic hydroxyl groups is 1. The van der Waals surface area contributed by atoms with Gasteiger partial charge in [-0.25, -0.2) is 4.79 Å². The molecule has 4 N–H and O–H groups in total. The third-order valence-electron chi connectivity index (χ3n) is 1.92. The van der Waals surface area contributed by atoms with E-state index in [1.807, 2.05) is 0 Å². The molecule has 0 saturated carbocycles. The Hall–Kier alpha value is -0.810. The number of hydrogen-bond acceptors (Lipinski definition) is 4. The second-order valence-corrected chi connectivity index (χ2v) is 4.46. The molecule has 16 heavy (non-hydrogen) atoms. The van der Waals surface area contributed by atoms with Gasteiger partial charge in [0.2, 0.25) is 0 Å². The number of alkyl carbamates (subject to hydrolysis) is 1. The number of carbonyl (C=O) groups is 1. The Morgan fingerprint density at radius 1 is 1.62 bits per heavy atom. The summed E-state index contributed by atoms with van der Waals surface area (Å²) in [5, 5.41) is 11.7. The minimum absolute atomic E-state index is 0.00259. The molecular weight excluding hydrogens is 208 g/mol. The highest BCUT2D eigenvalue weighted by Gasteiger charge is 2.18. The molecule has 0 aromatic carbocycles. The average molecular weight is 233 g/mol. The average Bonchev–Trinajstić information content (AvgIpc) is 2.27. The molecule has 0 radical (unpaired) electrons. The summed E-state index contributed by atoms with van der Waals surface area (Å²) in [6, 6.07) is -0.310. The number of aliphatic hydroxyl groups excluding tert-OH is 1. The quantitative estimate of drug-likeness (QED) is 0.598. The lowest BCUT2D eigenvalue weighted by Crippen LogP contribution is -2.41. The fourth-order valence-corrected chi connectivity index (χ4v) is 1.19. The summed E-state index contributed by atoms with van der Waals surface area (Å²) in [7, 11) is 0. The van der Waals surface area contributed by atoms with Gasteiger partial charge in [-0.05, 0) is 40.1 Å². The number of hydrogen-bond donors (Lipinski definition) is 3. The molecule has 0 aliphatic carbocycles. The number of amides is 1. The number of unbranched alkanes of at least 4 members (excludes halogenated alkanes) is 1. The lowest BCUT2D eigenvalue weighted by molar-refractivity contribution is 0.0478. The van der Waals surface area contributed by atoms with Crippen molar-refractivity contribution in [3.63, 3.8) is 0 Å². The van der Waals surface area contributed by atoms with Crippen LogP contribution in [0.3, 0.4) is 0 Å². The minimum Gasteiger partial charge on any atom is -0.444 e. The van der Waals surface area contributed by atoms with E-state index in [4.69, 9.17) is 16.9 Å².